The standard InChI is InChI=1S/C2H4O2.CH4O.BH3O3/c1-2(3)4;1-2;2-1(3)4/h1H3,(H,3,4);2H,1H3;2-4H. The topological polar surface area (TPSA) is 118 Å². The van der Waals surface area contributed by atoms with Crippen molar-refractivity contribution < 1.29 is 30.1 Å². The van der Waals surface area contributed by atoms with Crippen LogP contribution in [0.4, 0.5) is 0 Å². The van der Waals surface area contributed by atoms with Crippen LogP contribution in [0.5, 0.6) is 0 Å². The second-order valence-corrected chi connectivity index (χ2v) is 0.865. The molecule has 0 aliphatic heterocycles. The van der Waals surface area contributed by atoms with Crippen molar-refractivity contribution in [2.75, 3.05) is 7.11 Å². The third-order valence-electron chi connectivity index (χ3n) is 0. The van der Waals surface area contributed by atoms with Crippen molar-refractivity contribution in [2.24, 2.45) is 0 Å². The summed E-state index contributed by atoms with van der Waals surface area (Å²) < 4.78 is 0. The maximum atomic E-state index is 9.00. The van der Waals surface area contributed by atoms with Crippen LogP contribution in [0.1, 0.15) is 6.92 Å². The molecule has 0 saturated heterocycles. The molecule has 0 heterocycles. The summed E-state index contributed by atoms with van der Waals surface area (Å²) >= 11 is 0. The van der Waals surface area contributed by atoms with Gasteiger partial charge in [-0.1, -0.05) is 0 Å². The monoisotopic (exact) mass is 154 g/mol. The lowest BCUT2D eigenvalue weighted by Crippen LogP contribution is -2.07. The van der Waals surface area contributed by atoms with Crippen LogP contribution in [0.3, 0.4) is 0 Å². The van der Waals surface area contributed by atoms with Gasteiger partial charge >= 0.3 is 7.32 Å². The van der Waals surface area contributed by atoms with Crippen molar-refractivity contribution in [1.82, 2.24) is 0 Å². The number of rotatable bonds is 0. The van der Waals surface area contributed by atoms with E-state index in [0.717, 1.165) is 14.0 Å². The quantitative estimate of drug-likeness (QED) is 0.249. The highest BCUT2D eigenvalue weighted by atomic mass is 16.5. The number of carboxylic acid groups (broad SMARTS) is 1. The summed E-state index contributed by atoms with van der Waals surface area (Å²) in [5, 5.41) is 35.9. The van der Waals surface area contributed by atoms with E-state index in [1.54, 1.807) is 0 Å². The Kier molecular flexibility index (Phi) is 25.5. The average molecular weight is 154 g/mol. The minimum atomic E-state index is -2.17. The number of carboxylic acids is 1. The van der Waals surface area contributed by atoms with E-state index < -0.39 is 13.3 Å². The Morgan fingerprint density at radius 1 is 1.20 bits per heavy atom. The molecule has 0 unspecified atom stereocenters. The first-order valence-corrected chi connectivity index (χ1v) is 2.15. The predicted molar refractivity (Wildman–Crippen MR) is 33.9 cm³/mol. The molecular weight excluding hydrogens is 143 g/mol. The fraction of sp³-hybridized carbons (Fsp3) is 0.667. The normalized spacial score (nSPS) is 5.80. The van der Waals surface area contributed by atoms with Gasteiger partial charge in [-0.25, -0.2) is 0 Å². The Bertz CT molecular complexity index is 57.3. The number of hydrogen-bond donors (Lipinski definition) is 5. The molecule has 0 radical (unpaired) electrons. The molecule has 0 aromatic rings. The molecule has 0 rings (SSSR count). The van der Waals surface area contributed by atoms with E-state index >= 15 is 0 Å². The summed E-state index contributed by atoms with van der Waals surface area (Å²) in [5.74, 6) is -0.833. The molecule has 62 valence electrons. The highest BCUT2D eigenvalue weighted by Crippen LogP contribution is 1.42. The van der Waals surface area contributed by atoms with Crippen molar-refractivity contribution >= 4 is 13.3 Å². The average Bonchev–Trinajstić information content (AvgIpc) is 1.66. The summed E-state index contributed by atoms with van der Waals surface area (Å²) in [6, 6.07) is 0. The molecule has 7 heteroatoms. The first-order chi connectivity index (χ1) is 4.46. The molecule has 0 saturated carbocycles. The van der Waals surface area contributed by atoms with Gasteiger partial charge in [0.25, 0.3) is 5.97 Å². The van der Waals surface area contributed by atoms with E-state index in [-0.39, 0.29) is 0 Å². The zero-order valence-electron chi connectivity index (χ0n) is 5.72. The molecule has 0 aromatic carbocycles. The number of carbonyl (C=O) groups is 1. The van der Waals surface area contributed by atoms with Crippen molar-refractivity contribution in [3.63, 3.8) is 0 Å². The molecule has 6 nitrogen and oxygen atoms in total. The van der Waals surface area contributed by atoms with Gasteiger partial charge in [-0.2, -0.15) is 0 Å². The number of hydrogen-bond acceptors (Lipinski definition) is 5. The van der Waals surface area contributed by atoms with E-state index in [1.165, 1.54) is 0 Å². The van der Waals surface area contributed by atoms with Gasteiger partial charge in [-0.3, -0.25) is 4.79 Å². The molecule has 0 bridgehead atoms. The SMILES string of the molecule is CC(=O)O.CO.OB(O)O. The van der Waals surface area contributed by atoms with E-state index in [2.05, 4.69) is 0 Å². The Morgan fingerprint density at radius 2 is 1.20 bits per heavy atom. The Hall–Kier alpha value is -0.625. The van der Waals surface area contributed by atoms with Crippen LogP contribution in [-0.2, 0) is 4.79 Å². The van der Waals surface area contributed by atoms with E-state index in [9.17, 15) is 0 Å². The van der Waals surface area contributed by atoms with Crippen molar-refractivity contribution in [3.05, 3.63) is 0 Å². The fourth-order valence-corrected chi connectivity index (χ4v) is 0. The maximum Gasteiger partial charge on any atom is 0.631 e. The van der Waals surface area contributed by atoms with Crippen LogP contribution in [0, 0.1) is 0 Å². The molecule has 0 spiro atoms. The minimum absolute atomic E-state index is 0.833. The second-order valence-electron chi connectivity index (χ2n) is 0.865. The van der Waals surface area contributed by atoms with Crippen LogP contribution in [0.2, 0.25) is 0 Å². The van der Waals surface area contributed by atoms with Gasteiger partial charge in [0.1, 0.15) is 0 Å². The molecule has 0 atom stereocenters. The Morgan fingerprint density at radius 3 is 1.20 bits per heavy atom. The number of aliphatic hydroxyl groups is 1. The summed E-state index contributed by atoms with van der Waals surface area (Å²) in [6.07, 6.45) is 0. The highest BCUT2D eigenvalue weighted by Gasteiger charge is 1.92. The molecule has 0 aromatic heterocycles. The smallest absolute Gasteiger partial charge is 0.481 e. The zero-order chi connectivity index (χ0) is 9.15. The fourth-order valence-electron chi connectivity index (χ4n) is 0. The van der Waals surface area contributed by atoms with E-state index in [4.69, 9.17) is 30.1 Å². The van der Waals surface area contributed by atoms with Gasteiger partial charge in [0, 0.05) is 14.0 Å². The molecule has 5 N–H and O–H groups in total. The molecule has 0 aliphatic carbocycles. The number of aliphatic hydroxyl groups excluding tert-OH is 1. The van der Waals surface area contributed by atoms with Gasteiger partial charge in [-0.15, -0.1) is 0 Å². The van der Waals surface area contributed by atoms with Crippen LogP contribution in [0.25, 0.3) is 0 Å². The van der Waals surface area contributed by atoms with Crippen LogP contribution in [0.15, 0.2) is 0 Å². The van der Waals surface area contributed by atoms with Gasteiger partial charge < -0.3 is 25.3 Å². The first-order valence-electron chi connectivity index (χ1n) is 2.15. The van der Waals surface area contributed by atoms with Crippen LogP contribution < -0.4 is 0 Å². The van der Waals surface area contributed by atoms with Crippen molar-refractivity contribution in [2.45, 2.75) is 6.92 Å². The minimum Gasteiger partial charge on any atom is -0.481 e. The summed E-state index contributed by atoms with van der Waals surface area (Å²) in [5.41, 5.74) is 0. The highest BCUT2D eigenvalue weighted by molar-refractivity contribution is 6.30. The third kappa shape index (κ3) is 767. The van der Waals surface area contributed by atoms with Gasteiger partial charge in [0.2, 0.25) is 0 Å². The largest absolute Gasteiger partial charge is 0.631 e. The first kappa shape index (κ1) is 16.2. The van der Waals surface area contributed by atoms with Gasteiger partial charge in [0.15, 0.2) is 0 Å². The van der Waals surface area contributed by atoms with E-state index in [0.29, 0.717) is 0 Å². The van der Waals surface area contributed by atoms with Crippen LogP contribution >= 0.6 is 0 Å². The zero-order valence-corrected chi connectivity index (χ0v) is 5.72. The summed E-state index contributed by atoms with van der Waals surface area (Å²) in [7, 11) is -1.17. The molecule has 0 aliphatic rings. The van der Waals surface area contributed by atoms with Gasteiger partial charge in [0.05, 0.1) is 0 Å². The lowest BCUT2D eigenvalue weighted by Gasteiger charge is -1.69. The van der Waals surface area contributed by atoms with Gasteiger partial charge in [-0.05, 0) is 0 Å². The Labute approximate surface area is 58.5 Å². The third-order valence-corrected chi connectivity index (χ3v) is 0. The van der Waals surface area contributed by atoms with Crippen molar-refractivity contribution in [1.29, 1.82) is 0 Å². The second kappa shape index (κ2) is 15.8. The lowest BCUT2D eigenvalue weighted by atomic mass is 10.3. The number of aliphatic carboxylic acids is 1. The lowest BCUT2D eigenvalue weighted by molar-refractivity contribution is -0.134. The van der Waals surface area contributed by atoms with E-state index in [1.807, 2.05) is 0 Å². The summed E-state index contributed by atoms with van der Waals surface area (Å²) in [4.78, 5) is 9.00. The molecular formula is C3H11BO6. The maximum absolute atomic E-state index is 9.00. The molecule has 10 heavy (non-hydrogen) atoms. The Balaban J connectivity index is -0.0000000787. The predicted octanol–water partition coefficient (Wildman–Crippen LogP) is -2.35. The summed E-state index contributed by atoms with van der Waals surface area (Å²) in [6.45, 7) is 1.08. The van der Waals surface area contributed by atoms with Crippen LogP contribution in [-0.4, -0.2) is 45.7 Å². The molecule has 0 fully saturated rings. The van der Waals surface area contributed by atoms with Crippen molar-refractivity contribution in [3.8, 4) is 0 Å². The molecule has 0 amide bonds.